The average Bonchev–Trinajstić information content (AvgIpc) is 2.01. The van der Waals surface area contributed by atoms with Gasteiger partial charge in [0.25, 0.3) is 0 Å². The summed E-state index contributed by atoms with van der Waals surface area (Å²) in [5.41, 5.74) is 0.344. The molecule has 0 bridgehead atoms. The summed E-state index contributed by atoms with van der Waals surface area (Å²) < 4.78 is 0. The van der Waals surface area contributed by atoms with Gasteiger partial charge in [0.1, 0.15) is 0 Å². The molecule has 0 spiro atoms. The van der Waals surface area contributed by atoms with Crippen LogP contribution in [0.3, 0.4) is 0 Å². The van der Waals surface area contributed by atoms with Gasteiger partial charge in [-0.1, -0.05) is 34.8 Å². The summed E-state index contributed by atoms with van der Waals surface area (Å²) in [6, 6.07) is 3.02. The number of rotatable bonds is 3. The Balaban J connectivity index is 3.14. The first-order valence-corrected chi connectivity index (χ1v) is 5.72. The number of hydrogen-bond donors (Lipinski definition) is 0. The smallest absolute Gasteiger partial charge is 0.163 e. The Morgan fingerprint density at radius 1 is 1.21 bits per heavy atom. The van der Waals surface area contributed by atoms with Gasteiger partial charge in [-0.15, -0.1) is 0 Å². The van der Waals surface area contributed by atoms with Crippen LogP contribution < -0.4 is 0 Å². The van der Waals surface area contributed by atoms with Gasteiger partial charge in [-0.25, -0.2) is 0 Å². The van der Waals surface area contributed by atoms with Gasteiger partial charge in [0.15, 0.2) is 5.78 Å². The van der Waals surface area contributed by atoms with Crippen LogP contribution in [0, 0.1) is 0 Å². The van der Waals surface area contributed by atoms with Crippen molar-refractivity contribution in [3.63, 3.8) is 0 Å². The van der Waals surface area contributed by atoms with Crippen LogP contribution in [0.1, 0.15) is 16.8 Å². The summed E-state index contributed by atoms with van der Waals surface area (Å²) in [6.45, 7) is 0. The zero-order valence-corrected chi connectivity index (χ0v) is 10.4. The highest BCUT2D eigenvalue weighted by atomic mass is 35.5. The minimum Gasteiger partial charge on any atom is -0.558 e. The van der Waals surface area contributed by atoms with E-state index < -0.39 is 0 Å². The number of carbonyl (C=O) groups is 1. The third kappa shape index (κ3) is 2.84. The fourth-order valence-corrected chi connectivity index (χ4v) is 2.30. The topological polar surface area (TPSA) is 17.1 Å². The minimum absolute atomic E-state index is 0.0910. The molecule has 76 valence electrons. The van der Waals surface area contributed by atoms with Crippen LogP contribution in [-0.4, -0.2) is 11.9 Å². The summed E-state index contributed by atoms with van der Waals surface area (Å²) >= 11 is 17.4. The highest BCUT2D eigenvalue weighted by Gasteiger charge is 2.13. The first-order valence-electron chi connectivity index (χ1n) is 3.88. The number of carbonyl (C=O) groups excluding carboxylic acids is 1. The molecule has 0 amide bonds. The van der Waals surface area contributed by atoms with Gasteiger partial charge < -0.3 is 9.24 Å². The van der Waals surface area contributed by atoms with Gasteiger partial charge in [-0.05, 0) is 18.6 Å². The molecule has 1 aromatic rings. The molecule has 0 saturated heterocycles. The van der Waals surface area contributed by atoms with E-state index in [-0.39, 0.29) is 5.78 Å². The molecule has 1 nitrogen and oxygen atoms in total. The van der Waals surface area contributed by atoms with Gasteiger partial charge in [0.05, 0.1) is 15.6 Å². The molecular weight excluding hydrogens is 261 g/mol. The molecule has 14 heavy (non-hydrogen) atoms. The fourth-order valence-electron chi connectivity index (χ4n) is 1.05. The summed E-state index contributed by atoms with van der Waals surface area (Å²) in [5.74, 6) is -0.0910. The molecule has 0 radical (unpaired) electrons. The van der Waals surface area contributed by atoms with Crippen molar-refractivity contribution >= 4 is 49.8 Å². The number of hydrogen-bond acceptors (Lipinski definition) is 1. The Bertz CT molecular complexity index is 342. The molecule has 5 heteroatoms. The minimum atomic E-state index is -0.0910. The van der Waals surface area contributed by atoms with E-state index in [1.165, 1.54) is 12.1 Å². The maximum Gasteiger partial charge on any atom is 0.163 e. The molecule has 0 fully saturated rings. The lowest BCUT2D eigenvalue weighted by atomic mass is 10.1. The first-order chi connectivity index (χ1) is 6.56. The Morgan fingerprint density at radius 3 is 2.14 bits per heavy atom. The van der Waals surface area contributed by atoms with Crippen molar-refractivity contribution in [1.29, 1.82) is 0 Å². The van der Waals surface area contributed by atoms with E-state index in [1.54, 1.807) is 0 Å². The van der Waals surface area contributed by atoms with E-state index in [0.717, 1.165) is 0 Å². The van der Waals surface area contributed by atoms with E-state index in [9.17, 15) is 4.79 Å². The molecular formula is C9H7Cl3OP-. The van der Waals surface area contributed by atoms with Crippen LogP contribution in [0.5, 0.6) is 0 Å². The van der Waals surface area contributed by atoms with E-state index in [1.807, 2.05) is 0 Å². The maximum absolute atomic E-state index is 11.6. The van der Waals surface area contributed by atoms with Crippen LogP contribution in [-0.2, 0) is 0 Å². The lowest BCUT2D eigenvalue weighted by Crippen LogP contribution is -2.01. The van der Waals surface area contributed by atoms with Gasteiger partial charge >= 0.3 is 0 Å². The normalized spacial score (nSPS) is 10.3. The standard InChI is InChI=1S/C9H7Cl3OP/c10-5-3-6(11)9(7(12)4-5)8(13)1-2-14/h3-4,14H,1-2H2/q-1. The van der Waals surface area contributed by atoms with Gasteiger partial charge in [0.2, 0.25) is 0 Å². The first kappa shape index (κ1) is 12.3. The monoisotopic (exact) mass is 267 g/mol. The number of benzene rings is 1. The number of Topliss-reactive ketones (excluding diaryl/α,β-unsaturated/α-hetero) is 1. The second-order valence-corrected chi connectivity index (χ2v) is 4.42. The predicted octanol–water partition coefficient (Wildman–Crippen LogP) is 4.36. The van der Waals surface area contributed by atoms with Crippen LogP contribution in [0.15, 0.2) is 12.1 Å². The number of halogens is 3. The SMILES string of the molecule is O=C(CC[PH-])c1c(Cl)cc(Cl)cc1Cl. The highest BCUT2D eigenvalue weighted by molar-refractivity contribution is 7.16. The highest BCUT2D eigenvalue weighted by Crippen LogP contribution is 2.29. The third-order valence-electron chi connectivity index (χ3n) is 1.64. The molecule has 0 saturated carbocycles. The summed E-state index contributed by atoms with van der Waals surface area (Å²) in [6.07, 6.45) is 0.937. The summed E-state index contributed by atoms with van der Waals surface area (Å²) in [4.78, 5) is 11.6. The van der Waals surface area contributed by atoms with E-state index in [2.05, 4.69) is 9.24 Å². The Hall–Kier alpha value is 0.190. The molecule has 0 aliphatic carbocycles. The lowest BCUT2D eigenvalue weighted by Gasteiger charge is -2.07. The van der Waals surface area contributed by atoms with Crippen molar-refractivity contribution in [3.8, 4) is 0 Å². The predicted molar refractivity (Wildman–Crippen MR) is 63.6 cm³/mol. The fraction of sp³-hybridized carbons (Fsp3) is 0.222. The average molecular weight is 268 g/mol. The van der Waals surface area contributed by atoms with Crippen molar-refractivity contribution in [2.45, 2.75) is 6.42 Å². The zero-order chi connectivity index (χ0) is 10.7. The molecule has 1 aromatic carbocycles. The van der Waals surface area contributed by atoms with Crippen LogP contribution in [0.2, 0.25) is 15.1 Å². The van der Waals surface area contributed by atoms with Gasteiger partial charge in [-0.3, -0.25) is 4.79 Å². The zero-order valence-electron chi connectivity index (χ0n) is 7.11. The second kappa shape index (κ2) is 5.32. The molecule has 0 N–H and O–H groups in total. The Labute approximate surface area is 99.9 Å². The van der Waals surface area contributed by atoms with Crippen LogP contribution in [0.4, 0.5) is 0 Å². The van der Waals surface area contributed by atoms with Crippen molar-refractivity contribution in [3.05, 3.63) is 32.8 Å². The number of ketones is 1. The summed E-state index contributed by atoms with van der Waals surface area (Å²) in [5, 5.41) is 1.02. The van der Waals surface area contributed by atoms with Crippen molar-refractivity contribution < 1.29 is 4.79 Å². The molecule has 0 aliphatic heterocycles. The summed E-state index contributed by atoms with van der Waals surface area (Å²) in [7, 11) is 3.22. The molecule has 0 unspecified atom stereocenters. The van der Waals surface area contributed by atoms with Crippen LogP contribution in [0.25, 0.3) is 0 Å². The molecule has 0 aromatic heterocycles. The maximum atomic E-state index is 11.6. The van der Waals surface area contributed by atoms with Crippen molar-refractivity contribution in [1.82, 2.24) is 0 Å². The molecule has 0 atom stereocenters. The quantitative estimate of drug-likeness (QED) is 0.588. The molecule has 0 heterocycles. The molecule has 0 aliphatic rings. The van der Waals surface area contributed by atoms with Gasteiger partial charge in [0, 0.05) is 5.02 Å². The van der Waals surface area contributed by atoms with E-state index in [4.69, 9.17) is 34.8 Å². The van der Waals surface area contributed by atoms with Crippen molar-refractivity contribution in [2.75, 3.05) is 6.16 Å². The van der Waals surface area contributed by atoms with Gasteiger partial charge in [-0.2, -0.15) is 6.16 Å². The Morgan fingerprint density at radius 2 is 1.71 bits per heavy atom. The second-order valence-electron chi connectivity index (χ2n) is 2.67. The third-order valence-corrected chi connectivity index (χ3v) is 2.70. The lowest BCUT2D eigenvalue weighted by molar-refractivity contribution is 0.0990. The largest absolute Gasteiger partial charge is 0.558 e. The van der Waals surface area contributed by atoms with Crippen molar-refractivity contribution in [2.24, 2.45) is 0 Å². The van der Waals surface area contributed by atoms with E-state index in [0.29, 0.717) is 33.2 Å². The molecule has 1 rings (SSSR count). The Kier molecular flexibility index (Phi) is 4.66. The van der Waals surface area contributed by atoms with Crippen LogP contribution >= 0.6 is 44.0 Å². The van der Waals surface area contributed by atoms with E-state index >= 15 is 0 Å².